The van der Waals surface area contributed by atoms with Crippen molar-refractivity contribution in [2.24, 2.45) is 0 Å². The van der Waals surface area contributed by atoms with E-state index in [2.05, 4.69) is 9.97 Å². The zero-order valence-electron chi connectivity index (χ0n) is 8.76. The van der Waals surface area contributed by atoms with E-state index in [-0.39, 0.29) is 4.64 Å². The maximum absolute atomic E-state index is 11.6. The predicted octanol–water partition coefficient (Wildman–Crippen LogP) is -0.624. The van der Waals surface area contributed by atoms with Gasteiger partial charge in [-0.3, -0.25) is 9.78 Å². The molecule has 0 aliphatic heterocycles. The molecule has 0 atom stereocenters. The molecule has 0 saturated heterocycles. The van der Waals surface area contributed by atoms with Gasteiger partial charge in [-0.05, 0) is 13.0 Å². The first-order chi connectivity index (χ1) is 7.99. The number of aromatic amines is 2. The standard InChI is InChI=1S/C9H8N4O3S/c1-5-4-7(14)13(9(16)10-5)12-3-2-6(17)11-8(12)15/h2-4H,1H3,(H,10,16)(H,11,15,17). The average molecular weight is 252 g/mol. The summed E-state index contributed by atoms with van der Waals surface area (Å²) in [6.07, 6.45) is 1.26. The van der Waals surface area contributed by atoms with Crippen LogP contribution < -0.4 is 16.9 Å². The lowest BCUT2D eigenvalue weighted by Crippen LogP contribution is -2.44. The van der Waals surface area contributed by atoms with Gasteiger partial charge in [-0.2, -0.15) is 9.35 Å². The number of aryl methyl sites for hydroxylation is 1. The van der Waals surface area contributed by atoms with Crippen LogP contribution in [0.3, 0.4) is 0 Å². The lowest BCUT2D eigenvalue weighted by Gasteiger charge is -2.06. The van der Waals surface area contributed by atoms with E-state index in [1.807, 2.05) is 0 Å². The van der Waals surface area contributed by atoms with Gasteiger partial charge in [-0.15, -0.1) is 0 Å². The Bertz CT molecular complexity index is 764. The fourth-order valence-electron chi connectivity index (χ4n) is 1.38. The second-order valence-electron chi connectivity index (χ2n) is 3.36. The van der Waals surface area contributed by atoms with Crippen LogP contribution in [0, 0.1) is 11.6 Å². The summed E-state index contributed by atoms with van der Waals surface area (Å²) in [4.78, 5) is 39.5. The third-order valence-corrected chi connectivity index (χ3v) is 2.30. The minimum atomic E-state index is -0.692. The summed E-state index contributed by atoms with van der Waals surface area (Å²) in [6.45, 7) is 1.58. The van der Waals surface area contributed by atoms with Crippen LogP contribution in [-0.4, -0.2) is 19.3 Å². The third-order valence-electron chi connectivity index (χ3n) is 2.07. The van der Waals surface area contributed by atoms with Gasteiger partial charge in [0, 0.05) is 18.0 Å². The van der Waals surface area contributed by atoms with Crippen LogP contribution in [-0.2, 0) is 0 Å². The van der Waals surface area contributed by atoms with Crippen LogP contribution in [0.4, 0.5) is 0 Å². The fraction of sp³-hybridized carbons (Fsp3) is 0.111. The Hall–Kier alpha value is -2.22. The molecule has 2 aromatic heterocycles. The maximum atomic E-state index is 11.6. The zero-order chi connectivity index (χ0) is 12.6. The van der Waals surface area contributed by atoms with Gasteiger partial charge in [0.2, 0.25) is 0 Å². The summed E-state index contributed by atoms with van der Waals surface area (Å²) in [6, 6.07) is 2.62. The molecule has 0 saturated carbocycles. The molecule has 0 unspecified atom stereocenters. The zero-order valence-corrected chi connectivity index (χ0v) is 9.58. The number of hydrogen-bond donors (Lipinski definition) is 2. The highest BCUT2D eigenvalue weighted by atomic mass is 32.1. The highest BCUT2D eigenvalue weighted by Gasteiger charge is 2.05. The van der Waals surface area contributed by atoms with Gasteiger partial charge in [0.1, 0.15) is 4.64 Å². The Labute approximate surface area is 99.0 Å². The summed E-state index contributed by atoms with van der Waals surface area (Å²) >= 11 is 4.75. The summed E-state index contributed by atoms with van der Waals surface area (Å²) in [5.74, 6) is 0. The van der Waals surface area contributed by atoms with E-state index in [1.165, 1.54) is 18.3 Å². The molecular formula is C9H8N4O3S. The highest BCUT2D eigenvalue weighted by molar-refractivity contribution is 7.71. The minimum Gasteiger partial charge on any atom is -0.310 e. The quantitative estimate of drug-likeness (QED) is 0.661. The van der Waals surface area contributed by atoms with Crippen molar-refractivity contribution >= 4 is 12.2 Å². The van der Waals surface area contributed by atoms with E-state index in [0.717, 1.165) is 4.68 Å². The van der Waals surface area contributed by atoms with Crippen molar-refractivity contribution in [1.82, 2.24) is 19.3 Å². The second kappa shape index (κ2) is 3.98. The van der Waals surface area contributed by atoms with Crippen molar-refractivity contribution in [3.8, 4) is 0 Å². The lowest BCUT2D eigenvalue weighted by atomic mass is 10.5. The first kappa shape index (κ1) is 11.3. The van der Waals surface area contributed by atoms with Crippen LogP contribution in [0.25, 0.3) is 0 Å². The van der Waals surface area contributed by atoms with Gasteiger partial charge in [-0.1, -0.05) is 12.2 Å². The minimum absolute atomic E-state index is 0.225. The molecule has 0 radical (unpaired) electrons. The molecule has 8 heteroatoms. The van der Waals surface area contributed by atoms with E-state index >= 15 is 0 Å². The number of H-pyrrole nitrogens is 2. The van der Waals surface area contributed by atoms with Gasteiger partial charge in [-0.25, -0.2) is 9.59 Å². The van der Waals surface area contributed by atoms with Crippen LogP contribution in [0.2, 0.25) is 0 Å². The van der Waals surface area contributed by atoms with Crippen LogP contribution in [0.1, 0.15) is 5.69 Å². The van der Waals surface area contributed by atoms with Gasteiger partial charge in [0.25, 0.3) is 5.56 Å². The number of nitrogens with zero attached hydrogens (tertiary/aromatic N) is 2. The molecule has 0 aliphatic rings. The smallest absolute Gasteiger partial charge is 0.310 e. The normalized spacial score (nSPS) is 10.4. The number of nitrogens with one attached hydrogen (secondary N) is 2. The van der Waals surface area contributed by atoms with E-state index in [0.29, 0.717) is 10.4 Å². The SMILES string of the molecule is Cc1cc(=O)n(-n2ccc(=S)[nH]c2=O)c(=O)[nH]1. The maximum Gasteiger partial charge on any atom is 0.348 e. The molecule has 2 N–H and O–H groups in total. The van der Waals surface area contributed by atoms with Gasteiger partial charge in [0.05, 0.1) is 0 Å². The summed E-state index contributed by atoms with van der Waals surface area (Å²) in [5.41, 5.74) is -1.52. The van der Waals surface area contributed by atoms with Crippen molar-refractivity contribution in [1.29, 1.82) is 0 Å². The van der Waals surface area contributed by atoms with Crippen molar-refractivity contribution in [2.45, 2.75) is 6.92 Å². The van der Waals surface area contributed by atoms with Gasteiger partial charge < -0.3 is 4.98 Å². The van der Waals surface area contributed by atoms with Gasteiger partial charge in [0.15, 0.2) is 0 Å². The first-order valence-electron chi connectivity index (χ1n) is 4.64. The molecule has 0 spiro atoms. The van der Waals surface area contributed by atoms with Crippen LogP contribution >= 0.6 is 12.2 Å². The largest absolute Gasteiger partial charge is 0.348 e. The summed E-state index contributed by atoms with van der Waals surface area (Å²) in [7, 11) is 0. The molecule has 2 rings (SSSR count). The summed E-state index contributed by atoms with van der Waals surface area (Å²) in [5, 5.41) is 0. The third kappa shape index (κ3) is 2.02. The molecule has 0 amide bonds. The molecule has 88 valence electrons. The molecule has 0 aliphatic carbocycles. The molecule has 0 aromatic carbocycles. The van der Waals surface area contributed by atoms with Gasteiger partial charge >= 0.3 is 11.4 Å². The molecular weight excluding hydrogens is 244 g/mol. The Kier molecular flexibility index (Phi) is 2.64. The van der Waals surface area contributed by atoms with Crippen molar-refractivity contribution in [3.05, 3.63) is 60.0 Å². The molecule has 17 heavy (non-hydrogen) atoms. The fourth-order valence-corrected chi connectivity index (χ4v) is 1.52. The number of aromatic nitrogens is 4. The number of rotatable bonds is 1. The van der Waals surface area contributed by atoms with Crippen molar-refractivity contribution in [2.75, 3.05) is 0 Å². The molecule has 2 aromatic rings. The lowest BCUT2D eigenvalue weighted by molar-refractivity contribution is 0.549. The molecule has 7 nitrogen and oxygen atoms in total. The van der Waals surface area contributed by atoms with E-state index < -0.39 is 16.9 Å². The van der Waals surface area contributed by atoms with Crippen molar-refractivity contribution in [3.63, 3.8) is 0 Å². The predicted molar refractivity (Wildman–Crippen MR) is 62.7 cm³/mol. The number of hydrogen-bond acceptors (Lipinski definition) is 4. The van der Waals surface area contributed by atoms with Crippen LogP contribution in [0.5, 0.6) is 0 Å². The first-order valence-corrected chi connectivity index (χ1v) is 5.05. The average Bonchev–Trinajstić information content (AvgIpc) is 2.19. The Morgan fingerprint density at radius 2 is 1.88 bits per heavy atom. The monoisotopic (exact) mass is 252 g/mol. The highest BCUT2D eigenvalue weighted by Crippen LogP contribution is 1.82. The van der Waals surface area contributed by atoms with Crippen LogP contribution in [0.15, 0.2) is 32.7 Å². The Morgan fingerprint density at radius 3 is 2.47 bits per heavy atom. The molecule has 2 heterocycles. The second-order valence-corrected chi connectivity index (χ2v) is 3.80. The topological polar surface area (TPSA) is 92.7 Å². The Morgan fingerprint density at radius 1 is 1.18 bits per heavy atom. The van der Waals surface area contributed by atoms with E-state index in [4.69, 9.17) is 12.2 Å². The molecule has 0 bridgehead atoms. The van der Waals surface area contributed by atoms with Crippen molar-refractivity contribution < 1.29 is 0 Å². The molecule has 0 fully saturated rings. The summed E-state index contributed by atoms with van der Waals surface area (Å²) < 4.78 is 1.76. The van der Waals surface area contributed by atoms with E-state index in [1.54, 1.807) is 6.92 Å². The Balaban J connectivity index is 2.87. The van der Waals surface area contributed by atoms with E-state index in [9.17, 15) is 14.4 Å².